The molecule has 0 bridgehead atoms. The molecule has 1 aromatic carbocycles. The molecular formula is C16H23F2NOS. The average Bonchev–Trinajstić information content (AvgIpc) is 2.40. The Labute approximate surface area is 127 Å². The van der Waals surface area contributed by atoms with E-state index < -0.39 is 22.4 Å². The van der Waals surface area contributed by atoms with Crippen molar-refractivity contribution in [2.45, 2.75) is 56.2 Å². The molecule has 0 saturated heterocycles. The predicted octanol–water partition coefficient (Wildman–Crippen LogP) is 3.63. The molecule has 21 heavy (non-hydrogen) atoms. The highest BCUT2D eigenvalue weighted by molar-refractivity contribution is 7.85. The molecule has 3 atom stereocenters. The number of rotatable bonds is 4. The van der Waals surface area contributed by atoms with Crippen molar-refractivity contribution in [1.82, 2.24) is 5.32 Å². The van der Waals surface area contributed by atoms with Gasteiger partial charge in [-0.15, -0.1) is 0 Å². The fourth-order valence-electron chi connectivity index (χ4n) is 3.04. The Morgan fingerprint density at radius 2 is 2.10 bits per heavy atom. The molecule has 1 N–H and O–H groups in total. The van der Waals surface area contributed by atoms with Crippen LogP contribution in [0.25, 0.3) is 0 Å². The van der Waals surface area contributed by atoms with Gasteiger partial charge in [0.05, 0.1) is 20.9 Å². The smallest absolute Gasteiger partial charge is 0.142 e. The summed E-state index contributed by atoms with van der Waals surface area (Å²) in [5.41, 5.74) is 0.1000. The highest BCUT2D eigenvalue weighted by Crippen LogP contribution is 2.39. The molecular weight excluding hydrogens is 292 g/mol. The van der Waals surface area contributed by atoms with Crippen molar-refractivity contribution in [2.24, 2.45) is 5.41 Å². The Morgan fingerprint density at radius 1 is 1.38 bits per heavy atom. The zero-order valence-electron chi connectivity index (χ0n) is 12.8. The van der Waals surface area contributed by atoms with Crippen LogP contribution in [-0.4, -0.2) is 22.0 Å². The fraction of sp³-hybridized carbons (Fsp3) is 0.625. The van der Waals surface area contributed by atoms with Crippen LogP contribution in [0.3, 0.4) is 0 Å². The van der Waals surface area contributed by atoms with Crippen LogP contribution in [0.15, 0.2) is 23.1 Å². The summed E-state index contributed by atoms with van der Waals surface area (Å²) in [6.45, 7) is 7.11. The molecule has 5 heteroatoms. The van der Waals surface area contributed by atoms with E-state index in [-0.39, 0.29) is 21.6 Å². The molecule has 1 fully saturated rings. The van der Waals surface area contributed by atoms with Crippen LogP contribution < -0.4 is 5.32 Å². The molecule has 0 radical (unpaired) electrons. The van der Waals surface area contributed by atoms with E-state index in [1.54, 1.807) is 0 Å². The van der Waals surface area contributed by atoms with E-state index in [9.17, 15) is 13.0 Å². The summed E-state index contributed by atoms with van der Waals surface area (Å²) in [6, 6.07) is 3.41. The van der Waals surface area contributed by atoms with Gasteiger partial charge in [-0.1, -0.05) is 20.8 Å². The maximum Gasteiger partial charge on any atom is 0.142 e. The first kappa shape index (κ1) is 16.6. The Morgan fingerprint density at radius 3 is 2.71 bits per heavy atom. The summed E-state index contributed by atoms with van der Waals surface area (Å²) >= 11 is 0. The van der Waals surface area contributed by atoms with Gasteiger partial charge in [0, 0.05) is 12.1 Å². The van der Waals surface area contributed by atoms with Crippen LogP contribution in [0, 0.1) is 17.0 Å². The second-order valence-corrected chi connectivity index (χ2v) is 8.12. The lowest BCUT2D eigenvalue weighted by molar-refractivity contribution is 0.213. The highest BCUT2D eigenvalue weighted by atomic mass is 32.2. The lowest BCUT2D eigenvalue weighted by atomic mass is 9.75. The summed E-state index contributed by atoms with van der Waals surface area (Å²) in [5.74, 6) is -1.35. The van der Waals surface area contributed by atoms with E-state index in [0.29, 0.717) is 0 Å². The molecule has 1 saturated carbocycles. The molecule has 0 aliphatic heterocycles. The van der Waals surface area contributed by atoms with Crippen molar-refractivity contribution < 1.29 is 13.0 Å². The number of hydrogen-bond acceptors (Lipinski definition) is 2. The largest absolute Gasteiger partial charge is 0.313 e. The normalized spacial score (nSPS) is 26.5. The Hall–Kier alpha value is -0.810. The van der Waals surface area contributed by atoms with Crippen molar-refractivity contribution in [3.8, 4) is 0 Å². The van der Waals surface area contributed by atoms with Gasteiger partial charge >= 0.3 is 0 Å². The Balaban J connectivity index is 2.28. The lowest BCUT2D eigenvalue weighted by Gasteiger charge is -2.40. The van der Waals surface area contributed by atoms with Gasteiger partial charge in [-0.25, -0.2) is 8.78 Å². The van der Waals surface area contributed by atoms with Crippen molar-refractivity contribution in [3.63, 3.8) is 0 Å². The van der Waals surface area contributed by atoms with Gasteiger partial charge < -0.3 is 5.32 Å². The minimum Gasteiger partial charge on any atom is -0.313 e. The standard InChI is InChI=1S/C16H23F2NOS/c1-4-19-13-7-8-16(2,3)10-15(13)21(20)14-6-5-11(17)9-12(14)18/h5-6,9,13,15,19H,4,7-8,10H2,1-3H3. The van der Waals surface area contributed by atoms with Gasteiger partial charge in [-0.2, -0.15) is 0 Å². The number of hydrogen-bond donors (Lipinski definition) is 1. The maximum atomic E-state index is 13.9. The second-order valence-electron chi connectivity index (χ2n) is 6.48. The third-order valence-corrected chi connectivity index (χ3v) is 6.00. The fourth-order valence-corrected chi connectivity index (χ4v) is 4.96. The summed E-state index contributed by atoms with van der Waals surface area (Å²) in [6.07, 6.45) is 2.76. The van der Waals surface area contributed by atoms with Crippen LogP contribution in [0.2, 0.25) is 0 Å². The topological polar surface area (TPSA) is 29.1 Å². The monoisotopic (exact) mass is 315 g/mol. The summed E-state index contributed by atoms with van der Waals surface area (Å²) < 4.78 is 39.7. The maximum absolute atomic E-state index is 13.9. The molecule has 0 heterocycles. The summed E-state index contributed by atoms with van der Waals surface area (Å²) in [5, 5.41) is 3.22. The molecule has 118 valence electrons. The highest BCUT2D eigenvalue weighted by Gasteiger charge is 2.38. The zero-order valence-corrected chi connectivity index (χ0v) is 13.6. The molecule has 0 amide bonds. The molecule has 1 aliphatic carbocycles. The first-order chi connectivity index (χ1) is 9.84. The van der Waals surface area contributed by atoms with Crippen LogP contribution >= 0.6 is 0 Å². The summed E-state index contributed by atoms with van der Waals surface area (Å²) in [7, 11) is -1.47. The van der Waals surface area contributed by atoms with Gasteiger partial charge in [-0.05, 0) is 43.4 Å². The van der Waals surface area contributed by atoms with Gasteiger partial charge in [0.25, 0.3) is 0 Å². The summed E-state index contributed by atoms with van der Waals surface area (Å²) in [4.78, 5) is 0.113. The average molecular weight is 315 g/mol. The van der Waals surface area contributed by atoms with Crippen molar-refractivity contribution in [1.29, 1.82) is 0 Å². The molecule has 2 rings (SSSR count). The molecule has 2 nitrogen and oxygen atoms in total. The van der Waals surface area contributed by atoms with Gasteiger partial charge in [-0.3, -0.25) is 4.21 Å². The molecule has 1 aliphatic rings. The third kappa shape index (κ3) is 3.89. The van der Waals surface area contributed by atoms with Crippen molar-refractivity contribution >= 4 is 10.8 Å². The van der Waals surface area contributed by atoms with E-state index in [1.807, 2.05) is 6.92 Å². The van der Waals surface area contributed by atoms with Gasteiger partial charge in [0.1, 0.15) is 11.6 Å². The Kier molecular flexibility index (Phi) is 5.15. The van der Waals surface area contributed by atoms with Gasteiger partial charge in [0.2, 0.25) is 0 Å². The number of halogens is 2. The van der Waals surface area contributed by atoms with Crippen LogP contribution in [0.5, 0.6) is 0 Å². The SMILES string of the molecule is CCNC1CCC(C)(C)CC1S(=O)c1ccc(F)cc1F. The van der Waals surface area contributed by atoms with Crippen LogP contribution in [0.1, 0.15) is 40.0 Å². The van der Waals surface area contributed by atoms with E-state index in [4.69, 9.17) is 0 Å². The second kappa shape index (κ2) is 6.53. The van der Waals surface area contributed by atoms with E-state index >= 15 is 0 Å². The first-order valence-electron chi connectivity index (χ1n) is 7.43. The predicted molar refractivity (Wildman–Crippen MR) is 81.7 cm³/mol. The zero-order chi connectivity index (χ0) is 15.6. The van der Waals surface area contributed by atoms with Crippen molar-refractivity contribution in [2.75, 3.05) is 6.54 Å². The molecule has 0 aromatic heterocycles. The van der Waals surface area contributed by atoms with Crippen LogP contribution in [0.4, 0.5) is 8.78 Å². The van der Waals surface area contributed by atoms with Crippen LogP contribution in [-0.2, 0) is 10.8 Å². The Bertz CT molecular complexity index is 533. The quantitative estimate of drug-likeness (QED) is 0.919. The minimum atomic E-state index is -1.47. The van der Waals surface area contributed by atoms with E-state index in [1.165, 1.54) is 12.1 Å². The lowest BCUT2D eigenvalue weighted by Crippen LogP contribution is -2.48. The van der Waals surface area contributed by atoms with E-state index in [0.717, 1.165) is 31.9 Å². The van der Waals surface area contributed by atoms with Crippen molar-refractivity contribution in [3.05, 3.63) is 29.8 Å². The molecule has 1 aromatic rings. The van der Waals surface area contributed by atoms with E-state index in [2.05, 4.69) is 19.2 Å². The molecule has 0 spiro atoms. The van der Waals surface area contributed by atoms with Gasteiger partial charge in [0.15, 0.2) is 0 Å². The number of nitrogens with one attached hydrogen (secondary N) is 1. The first-order valence-corrected chi connectivity index (χ1v) is 8.64. The minimum absolute atomic E-state index is 0.1000. The number of benzene rings is 1. The molecule has 3 unspecified atom stereocenters. The third-order valence-electron chi connectivity index (χ3n) is 4.19.